The molecular formula is C16H15Cl2N3O2S. The molecule has 24 heavy (non-hydrogen) atoms. The van der Waals surface area contributed by atoms with Crippen molar-refractivity contribution in [2.45, 2.75) is 25.8 Å². The van der Waals surface area contributed by atoms with E-state index in [1.54, 1.807) is 29.3 Å². The number of nitrogens with zero attached hydrogens (tertiary/aromatic N) is 2. The smallest absolute Gasteiger partial charge is 0.266 e. The van der Waals surface area contributed by atoms with Crippen molar-refractivity contribution in [3.8, 4) is 0 Å². The van der Waals surface area contributed by atoms with E-state index in [0.717, 1.165) is 11.4 Å². The Kier molecular flexibility index (Phi) is 5.08. The van der Waals surface area contributed by atoms with E-state index in [-0.39, 0.29) is 11.8 Å². The number of hydrogen-bond donors (Lipinski definition) is 1. The fraction of sp³-hybridized carbons (Fsp3) is 0.312. The molecule has 1 N–H and O–H groups in total. The molecule has 5 nitrogen and oxygen atoms in total. The number of rotatable bonds is 3. The normalized spacial score (nSPS) is 17.1. The van der Waals surface area contributed by atoms with Gasteiger partial charge < -0.3 is 10.2 Å². The highest BCUT2D eigenvalue weighted by atomic mass is 35.5. The lowest BCUT2D eigenvalue weighted by Gasteiger charge is -2.23. The zero-order chi connectivity index (χ0) is 17.3. The minimum absolute atomic E-state index is 0.151. The van der Waals surface area contributed by atoms with E-state index in [4.69, 9.17) is 23.2 Å². The molecule has 3 rings (SSSR count). The average Bonchev–Trinajstić information content (AvgIpc) is 3.14. The Hall–Kier alpha value is -1.63. The van der Waals surface area contributed by atoms with Crippen LogP contribution in [-0.4, -0.2) is 34.3 Å². The van der Waals surface area contributed by atoms with Gasteiger partial charge in [0, 0.05) is 22.3 Å². The molecule has 2 amide bonds. The lowest BCUT2D eigenvalue weighted by atomic mass is 10.2. The number of thiazole rings is 1. The first kappa shape index (κ1) is 17.2. The largest absolute Gasteiger partial charge is 0.326 e. The van der Waals surface area contributed by atoms with Crippen LogP contribution in [0.1, 0.15) is 27.5 Å². The molecule has 8 heteroatoms. The fourth-order valence-electron chi connectivity index (χ4n) is 2.74. The Balaban J connectivity index is 1.75. The Bertz CT molecular complexity index is 773. The summed E-state index contributed by atoms with van der Waals surface area (Å²) in [5.41, 5.74) is 0.519. The number of aryl methyl sites for hydroxylation is 1. The van der Waals surface area contributed by atoms with Gasteiger partial charge in [-0.3, -0.25) is 9.59 Å². The summed E-state index contributed by atoms with van der Waals surface area (Å²) in [6.07, 6.45) is 2.98. The van der Waals surface area contributed by atoms with E-state index in [9.17, 15) is 9.59 Å². The molecule has 1 saturated heterocycles. The van der Waals surface area contributed by atoms with Gasteiger partial charge in [-0.15, -0.1) is 11.3 Å². The van der Waals surface area contributed by atoms with Gasteiger partial charge in [-0.2, -0.15) is 0 Å². The topological polar surface area (TPSA) is 62.3 Å². The molecule has 1 aliphatic rings. The summed E-state index contributed by atoms with van der Waals surface area (Å²) >= 11 is 13.2. The Morgan fingerprint density at radius 2 is 2.00 bits per heavy atom. The van der Waals surface area contributed by atoms with Crippen LogP contribution in [0, 0.1) is 6.92 Å². The van der Waals surface area contributed by atoms with Crippen molar-refractivity contribution in [1.82, 2.24) is 9.88 Å². The lowest BCUT2D eigenvalue weighted by Crippen LogP contribution is -2.42. The summed E-state index contributed by atoms with van der Waals surface area (Å²) in [6.45, 7) is 2.41. The molecule has 0 unspecified atom stereocenters. The third kappa shape index (κ3) is 3.71. The van der Waals surface area contributed by atoms with Gasteiger partial charge in [0.05, 0.1) is 11.2 Å². The van der Waals surface area contributed by atoms with Crippen LogP contribution in [0.3, 0.4) is 0 Å². The third-order valence-electron chi connectivity index (χ3n) is 3.78. The van der Waals surface area contributed by atoms with Crippen molar-refractivity contribution < 1.29 is 9.59 Å². The highest BCUT2D eigenvalue weighted by Gasteiger charge is 2.35. The number of aromatic nitrogens is 1. The Morgan fingerprint density at radius 3 is 2.62 bits per heavy atom. The van der Waals surface area contributed by atoms with Gasteiger partial charge in [0.25, 0.3) is 5.91 Å². The first-order chi connectivity index (χ1) is 11.4. The SMILES string of the molecule is Cc1ncc(C(=O)N2CCC[C@H]2C(=O)Nc2cc(Cl)cc(Cl)c2)s1. The van der Waals surface area contributed by atoms with Gasteiger partial charge in [0.15, 0.2) is 0 Å². The number of amides is 2. The van der Waals surface area contributed by atoms with Crippen molar-refractivity contribution in [2.75, 3.05) is 11.9 Å². The minimum atomic E-state index is -0.502. The van der Waals surface area contributed by atoms with Crippen LogP contribution in [0.4, 0.5) is 5.69 Å². The van der Waals surface area contributed by atoms with Crippen molar-refractivity contribution in [3.63, 3.8) is 0 Å². The molecule has 2 heterocycles. The van der Waals surface area contributed by atoms with Crippen LogP contribution in [-0.2, 0) is 4.79 Å². The summed E-state index contributed by atoms with van der Waals surface area (Å²) in [5, 5.41) is 4.50. The summed E-state index contributed by atoms with van der Waals surface area (Å²) < 4.78 is 0. The molecule has 0 bridgehead atoms. The molecule has 126 valence electrons. The van der Waals surface area contributed by atoms with E-state index in [1.165, 1.54) is 11.3 Å². The molecule has 0 saturated carbocycles. The molecule has 1 atom stereocenters. The van der Waals surface area contributed by atoms with Crippen LogP contribution in [0.25, 0.3) is 0 Å². The zero-order valence-corrected chi connectivity index (χ0v) is 15.2. The number of likely N-dealkylation sites (tertiary alicyclic amines) is 1. The van der Waals surface area contributed by atoms with E-state index in [1.807, 2.05) is 6.92 Å². The number of carbonyl (C=O) groups is 2. The summed E-state index contributed by atoms with van der Waals surface area (Å²) in [5.74, 6) is -0.386. The first-order valence-corrected chi connectivity index (χ1v) is 9.01. The fourth-order valence-corrected chi connectivity index (χ4v) is 4.00. The van der Waals surface area contributed by atoms with Crippen LogP contribution >= 0.6 is 34.5 Å². The monoisotopic (exact) mass is 383 g/mol. The van der Waals surface area contributed by atoms with Crippen molar-refractivity contribution >= 4 is 52.0 Å². The number of anilines is 1. The van der Waals surface area contributed by atoms with E-state index >= 15 is 0 Å². The maximum Gasteiger partial charge on any atom is 0.266 e. The second-order valence-corrected chi connectivity index (χ2v) is 7.66. The van der Waals surface area contributed by atoms with Crippen LogP contribution in [0.5, 0.6) is 0 Å². The molecule has 1 fully saturated rings. The summed E-state index contributed by atoms with van der Waals surface area (Å²) in [6, 6.07) is 4.34. The molecule has 0 radical (unpaired) electrons. The van der Waals surface area contributed by atoms with E-state index < -0.39 is 6.04 Å². The highest BCUT2D eigenvalue weighted by Crippen LogP contribution is 2.26. The van der Waals surface area contributed by atoms with Gasteiger partial charge in [0.2, 0.25) is 5.91 Å². The highest BCUT2D eigenvalue weighted by molar-refractivity contribution is 7.13. The summed E-state index contributed by atoms with van der Waals surface area (Å²) in [7, 11) is 0. The van der Waals surface area contributed by atoms with Crippen molar-refractivity contribution in [1.29, 1.82) is 0 Å². The maximum atomic E-state index is 12.6. The standard InChI is InChI=1S/C16H15Cl2N3O2S/c1-9-19-8-14(24-9)16(23)21-4-2-3-13(21)15(22)20-12-6-10(17)5-11(18)7-12/h5-8,13H,2-4H2,1H3,(H,20,22)/t13-/m0/s1. The number of hydrogen-bond acceptors (Lipinski definition) is 4. The molecular weight excluding hydrogens is 369 g/mol. The quantitative estimate of drug-likeness (QED) is 0.870. The number of nitrogens with one attached hydrogen (secondary N) is 1. The van der Waals surface area contributed by atoms with Gasteiger partial charge in [-0.1, -0.05) is 23.2 Å². The maximum absolute atomic E-state index is 12.6. The average molecular weight is 384 g/mol. The van der Waals surface area contributed by atoms with Crippen LogP contribution in [0.15, 0.2) is 24.4 Å². The number of carbonyl (C=O) groups excluding carboxylic acids is 2. The second-order valence-electron chi connectivity index (χ2n) is 5.55. The molecule has 1 aromatic heterocycles. The molecule has 1 aromatic carbocycles. The molecule has 0 aliphatic carbocycles. The van der Waals surface area contributed by atoms with Crippen LogP contribution < -0.4 is 5.32 Å². The zero-order valence-electron chi connectivity index (χ0n) is 12.9. The Labute approximate surface area is 153 Å². The van der Waals surface area contributed by atoms with Crippen LogP contribution in [0.2, 0.25) is 10.0 Å². The van der Waals surface area contributed by atoms with E-state index in [2.05, 4.69) is 10.3 Å². The van der Waals surface area contributed by atoms with Crippen molar-refractivity contribution in [3.05, 3.63) is 44.3 Å². The second kappa shape index (κ2) is 7.09. The summed E-state index contributed by atoms with van der Waals surface area (Å²) in [4.78, 5) is 31.5. The van der Waals surface area contributed by atoms with Gasteiger partial charge in [-0.25, -0.2) is 4.98 Å². The lowest BCUT2D eigenvalue weighted by molar-refractivity contribution is -0.119. The molecule has 2 aromatic rings. The van der Waals surface area contributed by atoms with Gasteiger partial charge in [0.1, 0.15) is 10.9 Å². The molecule has 0 spiro atoms. The third-order valence-corrected chi connectivity index (χ3v) is 5.12. The number of halogens is 2. The minimum Gasteiger partial charge on any atom is -0.326 e. The van der Waals surface area contributed by atoms with Crippen molar-refractivity contribution in [2.24, 2.45) is 0 Å². The Morgan fingerprint density at radius 1 is 1.29 bits per heavy atom. The predicted octanol–water partition coefficient (Wildman–Crippen LogP) is 4.00. The van der Waals surface area contributed by atoms with E-state index in [0.29, 0.717) is 33.6 Å². The predicted molar refractivity (Wildman–Crippen MR) is 96.0 cm³/mol. The van der Waals surface area contributed by atoms with Gasteiger partial charge >= 0.3 is 0 Å². The number of benzene rings is 1. The molecule has 1 aliphatic heterocycles. The first-order valence-electron chi connectivity index (χ1n) is 7.44. The van der Waals surface area contributed by atoms with Gasteiger partial charge in [-0.05, 0) is 38.0 Å².